The fraction of sp³-hybridized carbons (Fsp3) is 0.400. The fourth-order valence-electron chi connectivity index (χ4n) is 1.52. The van der Waals surface area contributed by atoms with Crippen LogP contribution in [0.1, 0.15) is 19.3 Å². The van der Waals surface area contributed by atoms with Crippen LogP contribution in [0.25, 0.3) is 0 Å². The van der Waals surface area contributed by atoms with Crippen LogP contribution in [0, 0.1) is 6.54 Å². The average Bonchev–Trinajstić information content (AvgIpc) is 2.47. The van der Waals surface area contributed by atoms with Gasteiger partial charge in [-0.2, -0.15) is 0 Å². The molecule has 3 heteroatoms. The lowest BCUT2D eigenvalue weighted by Crippen LogP contribution is -2.30. The van der Waals surface area contributed by atoms with Gasteiger partial charge >= 0.3 is 0 Å². The summed E-state index contributed by atoms with van der Waals surface area (Å²) in [5, 5.41) is 3.20. The molecule has 0 spiro atoms. The van der Waals surface area contributed by atoms with E-state index in [0.717, 1.165) is 12.4 Å². The molecule has 1 saturated heterocycles. The highest BCUT2D eigenvalue weighted by molar-refractivity contribution is 5.72. The molecule has 1 radical (unpaired) electrons. The Labute approximate surface area is 78.8 Å². The molecule has 2 heterocycles. The van der Waals surface area contributed by atoms with Crippen LogP contribution in [-0.4, -0.2) is 17.7 Å². The molecule has 1 fully saturated rings. The van der Waals surface area contributed by atoms with Crippen molar-refractivity contribution in [3.8, 4) is 0 Å². The zero-order valence-corrected chi connectivity index (χ0v) is 7.61. The van der Waals surface area contributed by atoms with Crippen molar-refractivity contribution in [1.29, 1.82) is 0 Å². The molecule has 0 saturated carbocycles. The molecule has 3 nitrogen and oxygen atoms in total. The lowest BCUT2D eigenvalue weighted by Gasteiger charge is -2.29. The number of aliphatic imine (C=N–C) groups is 1. The van der Waals surface area contributed by atoms with Crippen molar-refractivity contribution in [3.05, 3.63) is 30.8 Å². The molecule has 13 heavy (non-hydrogen) atoms. The summed E-state index contributed by atoms with van der Waals surface area (Å²) in [6.07, 6.45) is 11.2. The number of allylic oxidation sites excluding steroid dienone is 1. The first-order valence-corrected chi connectivity index (χ1v) is 4.72. The Morgan fingerprint density at radius 3 is 3.23 bits per heavy atom. The molecule has 0 bridgehead atoms. The third kappa shape index (κ3) is 2.11. The van der Waals surface area contributed by atoms with Crippen LogP contribution in [0.15, 0.2) is 29.3 Å². The number of nitrogens with zero attached hydrogens (tertiary/aromatic N) is 2. The van der Waals surface area contributed by atoms with Crippen molar-refractivity contribution in [2.45, 2.75) is 19.3 Å². The summed E-state index contributed by atoms with van der Waals surface area (Å²) in [5.74, 6) is 1.07. The van der Waals surface area contributed by atoms with E-state index in [1.54, 1.807) is 6.21 Å². The van der Waals surface area contributed by atoms with Gasteiger partial charge in [-0.25, -0.2) is 0 Å². The predicted molar refractivity (Wildman–Crippen MR) is 53.7 cm³/mol. The van der Waals surface area contributed by atoms with E-state index in [-0.39, 0.29) is 0 Å². The highest BCUT2D eigenvalue weighted by Crippen LogP contribution is 2.16. The highest BCUT2D eigenvalue weighted by atomic mass is 15.2. The van der Waals surface area contributed by atoms with E-state index in [0.29, 0.717) is 0 Å². The van der Waals surface area contributed by atoms with Gasteiger partial charge in [0.2, 0.25) is 0 Å². The lowest BCUT2D eigenvalue weighted by molar-refractivity contribution is 0.329. The highest BCUT2D eigenvalue weighted by Gasteiger charge is 2.12. The monoisotopic (exact) mass is 176 g/mol. The standard InChI is InChI=1S/C10H14N3/c1-2-7-13(8-3-1)10-9-11-5-4-6-12-10/h4-7,9,12H,1-3,8H2. The molecule has 2 rings (SSSR count). The van der Waals surface area contributed by atoms with Crippen LogP contribution < -0.4 is 5.32 Å². The van der Waals surface area contributed by atoms with Crippen LogP contribution in [-0.2, 0) is 0 Å². The van der Waals surface area contributed by atoms with E-state index >= 15 is 0 Å². The maximum atomic E-state index is 4.13. The lowest BCUT2D eigenvalue weighted by atomic mass is 10.1. The van der Waals surface area contributed by atoms with E-state index < -0.39 is 0 Å². The van der Waals surface area contributed by atoms with E-state index in [2.05, 4.69) is 21.8 Å². The van der Waals surface area contributed by atoms with Gasteiger partial charge in [0.15, 0.2) is 0 Å². The third-order valence-corrected chi connectivity index (χ3v) is 2.21. The van der Waals surface area contributed by atoms with E-state index in [9.17, 15) is 0 Å². The molecule has 0 atom stereocenters. The van der Waals surface area contributed by atoms with Gasteiger partial charge in [0.25, 0.3) is 0 Å². The normalized spacial score (nSPS) is 22.2. The van der Waals surface area contributed by atoms with Crippen molar-refractivity contribution >= 4 is 6.21 Å². The molecule has 0 aromatic rings. The molecule has 0 aromatic carbocycles. The Balaban J connectivity index is 2.01. The van der Waals surface area contributed by atoms with Crippen LogP contribution in [0.2, 0.25) is 0 Å². The van der Waals surface area contributed by atoms with Gasteiger partial charge < -0.3 is 10.2 Å². The number of piperidine rings is 1. The molecule has 0 aliphatic carbocycles. The third-order valence-electron chi connectivity index (χ3n) is 2.21. The van der Waals surface area contributed by atoms with E-state index in [1.807, 2.05) is 18.5 Å². The zero-order valence-electron chi connectivity index (χ0n) is 7.61. The van der Waals surface area contributed by atoms with Gasteiger partial charge in [-0.15, -0.1) is 0 Å². The van der Waals surface area contributed by atoms with Gasteiger partial charge in [-0.1, -0.05) is 0 Å². The Morgan fingerprint density at radius 2 is 2.38 bits per heavy atom. The van der Waals surface area contributed by atoms with Crippen LogP contribution >= 0.6 is 0 Å². The van der Waals surface area contributed by atoms with Crippen molar-refractivity contribution in [1.82, 2.24) is 10.2 Å². The second kappa shape index (κ2) is 4.12. The number of hydrogen-bond acceptors (Lipinski definition) is 3. The van der Waals surface area contributed by atoms with Gasteiger partial charge in [0.1, 0.15) is 5.82 Å². The Kier molecular flexibility index (Phi) is 2.65. The summed E-state index contributed by atoms with van der Waals surface area (Å²) in [6.45, 7) is 3.33. The summed E-state index contributed by atoms with van der Waals surface area (Å²) in [6, 6.07) is 0. The molecular weight excluding hydrogens is 162 g/mol. The summed E-state index contributed by atoms with van der Waals surface area (Å²) in [7, 11) is 0. The molecular formula is C10H14N3. The minimum Gasteiger partial charge on any atom is -0.352 e. The van der Waals surface area contributed by atoms with Crippen molar-refractivity contribution in [2.24, 2.45) is 4.99 Å². The van der Waals surface area contributed by atoms with E-state index in [1.165, 1.54) is 19.3 Å². The number of hydrogen-bond donors (Lipinski definition) is 1. The van der Waals surface area contributed by atoms with Gasteiger partial charge in [0.05, 0.1) is 12.7 Å². The van der Waals surface area contributed by atoms with Gasteiger partial charge in [0, 0.05) is 19.0 Å². The minimum absolute atomic E-state index is 1.07. The second-order valence-corrected chi connectivity index (χ2v) is 3.19. The molecule has 0 amide bonds. The van der Waals surface area contributed by atoms with Crippen LogP contribution in [0.4, 0.5) is 0 Å². The molecule has 1 N–H and O–H groups in total. The SMILES string of the molecule is [CH]1CCCCN1C1=CN=CC=CN1. The second-order valence-electron chi connectivity index (χ2n) is 3.19. The van der Waals surface area contributed by atoms with E-state index in [4.69, 9.17) is 0 Å². The molecule has 2 aliphatic rings. The summed E-state index contributed by atoms with van der Waals surface area (Å²) < 4.78 is 0. The maximum absolute atomic E-state index is 4.13. The number of likely N-dealkylation sites (tertiary alicyclic amines) is 1. The first-order chi connectivity index (χ1) is 6.47. The number of nitrogens with one attached hydrogen (secondary N) is 1. The number of rotatable bonds is 1. The van der Waals surface area contributed by atoms with Crippen molar-refractivity contribution in [2.75, 3.05) is 6.54 Å². The largest absolute Gasteiger partial charge is 0.352 e. The molecule has 2 aliphatic heterocycles. The molecule has 0 aromatic heterocycles. The summed E-state index contributed by atoms with van der Waals surface area (Å²) >= 11 is 0. The smallest absolute Gasteiger partial charge is 0.124 e. The Bertz CT molecular complexity index is 247. The fourth-order valence-corrected chi connectivity index (χ4v) is 1.52. The average molecular weight is 176 g/mol. The zero-order chi connectivity index (χ0) is 8.93. The first-order valence-electron chi connectivity index (χ1n) is 4.72. The minimum atomic E-state index is 1.07. The predicted octanol–water partition coefficient (Wildman–Crippen LogP) is 1.62. The first kappa shape index (κ1) is 8.35. The van der Waals surface area contributed by atoms with Gasteiger partial charge in [-0.3, -0.25) is 4.99 Å². The van der Waals surface area contributed by atoms with Crippen LogP contribution in [0.5, 0.6) is 0 Å². The van der Waals surface area contributed by atoms with Crippen molar-refractivity contribution < 1.29 is 0 Å². The topological polar surface area (TPSA) is 27.6 Å². The molecule has 69 valence electrons. The van der Waals surface area contributed by atoms with Gasteiger partial charge in [-0.05, 0) is 25.3 Å². The molecule has 0 unspecified atom stereocenters. The Hall–Kier alpha value is -1.25. The van der Waals surface area contributed by atoms with Crippen molar-refractivity contribution in [3.63, 3.8) is 0 Å². The van der Waals surface area contributed by atoms with Crippen LogP contribution in [0.3, 0.4) is 0 Å². The maximum Gasteiger partial charge on any atom is 0.124 e. The summed E-state index contributed by atoms with van der Waals surface area (Å²) in [5.41, 5.74) is 0. The summed E-state index contributed by atoms with van der Waals surface area (Å²) in [4.78, 5) is 6.36. The quantitative estimate of drug-likeness (QED) is 0.657. The Morgan fingerprint density at radius 1 is 1.38 bits per heavy atom.